The summed E-state index contributed by atoms with van der Waals surface area (Å²) in [6, 6.07) is -0.531. The van der Waals surface area contributed by atoms with Crippen LogP contribution in [0, 0.1) is 0 Å². The first-order valence-corrected chi connectivity index (χ1v) is 2.91. The van der Waals surface area contributed by atoms with Crippen molar-refractivity contribution in [1.82, 2.24) is 0 Å². The van der Waals surface area contributed by atoms with Crippen LogP contribution in [0.25, 0.3) is 0 Å². The van der Waals surface area contributed by atoms with Gasteiger partial charge in [0.1, 0.15) is 0 Å². The standard InChI is InChI=1S/C4H4ClF3O3/c5-2-11-3(9)10-1-4(6,7)8/h1-2H2. The molecule has 0 saturated carbocycles. The predicted molar refractivity (Wildman–Crippen MR) is 29.2 cm³/mol. The minimum absolute atomic E-state index is 0.531. The summed E-state index contributed by atoms with van der Waals surface area (Å²) in [4.78, 5) is 10.1. The van der Waals surface area contributed by atoms with E-state index in [9.17, 15) is 18.0 Å². The van der Waals surface area contributed by atoms with Gasteiger partial charge in [0, 0.05) is 0 Å². The Labute approximate surface area is 65.0 Å². The molecular weight excluding hydrogens is 188 g/mol. The van der Waals surface area contributed by atoms with Crippen LogP contribution in [0.3, 0.4) is 0 Å². The average Bonchev–Trinajstić information content (AvgIpc) is 1.83. The summed E-state index contributed by atoms with van der Waals surface area (Å²) in [5.41, 5.74) is 0. The molecule has 0 aliphatic carbocycles. The fraction of sp³-hybridized carbons (Fsp3) is 0.750. The smallest absolute Gasteiger partial charge is 0.425 e. The normalized spacial score (nSPS) is 10.9. The molecule has 0 amide bonds. The van der Waals surface area contributed by atoms with Crippen LogP contribution in [0.2, 0.25) is 0 Å². The van der Waals surface area contributed by atoms with Gasteiger partial charge in [0.05, 0.1) is 0 Å². The maximum atomic E-state index is 11.3. The minimum Gasteiger partial charge on any atom is -0.425 e. The van der Waals surface area contributed by atoms with Crippen LogP contribution in [0.15, 0.2) is 0 Å². The average molecular weight is 193 g/mol. The highest BCUT2D eigenvalue weighted by Gasteiger charge is 2.29. The van der Waals surface area contributed by atoms with Gasteiger partial charge in [0.25, 0.3) is 0 Å². The Kier molecular flexibility index (Phi) is 4.02. The molecule has 0 fully saturated rings. The van der Waals surface area contributed by atoms with E-state index in [0.29, 0.717) is 0 Å². The van der Waals surface area contributed by atoms with Gasteiger partial charge >= 0.3 is 12.3 Å². The Balaban J connectivity index is 3.46. The molecule has 0 unspecified atom stereocenters. The van der Waals surface area contributed by atoms with E-state index in [0.717, 1.165) is 0 Å². The van der Waals surface area contributed by atoms with Crippen LogP contribution in [0.5, 0.6) is 0 Å². The molecule has 0 aliphatic rings. The number of rotatable bonds is 2. The Hall–Kier alpha value is -0.650. The van der Waals surface area contributed by atoms with Crippen molar-refractivity contribution in [2.45, 2.75) is 6.18 Å². The van der Waals surface area contributed by atoms with Crippen molar-refractivity contribution in [1.29, 1.82) is 0 Å². The summed E-state index contributed by atoms with van der Waals surface area (Å²) in [6.07, 6.45) is -5.97. The molecule has 0 aromatic heterocycles. The van der Waals surface area contributed by atoms with E-state index in [-0.39, 0.29) is 0 Å². The van der Waals surface area contributed by atoms with E-state index >= 15 is 0 Å². The second-order valence-corrected chi connectivity index (χ2v) is 1.63. The molecular formula is C4H4ClF3O3. The van der Waals surface area contributed by atoms with E-state index in [4.69, 9.17) is 11.6 Å². The summed E-state index contributed by atoms with van der Waals surface area (Å²) in [6.45, 7) is -1.66. The molecule has 0 atom stereocenters. The molecule has 0 aliphatic heterocycles. The van der Waals surface area contributed by atoms with Crippen molar-refractivity contribution in [2.75, 3.05) is 12.7 Å². The quantitative estimate of drug-likeness (QED) is 0.495. The highest BCUT2D eigenvalue weighted by Crippen LogP contribution is 2.14. The van der Waals surface area contributed by atoms with E-state index in [1.807, 2.05) is 0 Å². The Morgan fingerprint density at radius 3 is 2.27 bits per heavy atom. The third kappa shape index (κ3) is 7.24. The van der Waals surface area contributed by atoms with E-state index < -0.39 is 25.0 Å². The lowest BCUT2D eigenvalue weighted by Crippen LogP contribution is -2.20. The van der Waals surface area contributed by atoms with Crippen LogP contribution < -0.4 is 0 Å². The fourth-order valence-corrected chi connectivity index (χ4v) is 0.316. The molecule has 0 bridgehead atoms. The predicted octanol–water partition coefficient (Wildman–Crippen LogP) is 1.90. The van der Waals surface area contributed by atoms with Gasteiger partial charge in [-0.15, -0.1) is 0 Å². The Morgan fingerprint density at radius 2 is 1.91 bits per heavy atom. The van der Waals surface area contributed by atoms with Crippen LogP contribution >= 0.6 is 11.6 Å². The first-order chi connectivity index (χ1) is 4.95. The largest absolute Gasteiger partial charge is 0.509 e. The summed E-state index contributed by atoms with van der Waals surface area (Å²) in [5.74, 6) is 0. The molecule has 3 nitrogen and oxygen atoms in total. The second-order valence-electron chi connectivity index (χ2n) is 1.41. The summed E-state index contributed by atoms with van der Waals surface area (Å²) >= 11 is 4.84. The second kappa shape index (κ2) is 4.27. The molecule has 0 aromatic rings. The SMILES string of the molecule is O=C(OCCl)OCC(F)(F)F. The molecule has 0 N–H and O–H groups in total. The van der Waals surface area contributed by atoms with Crippen LogP contribution in [0.1, 0.15) is 0 Å². The van der Waals surface area contributed by atoms with E-state index in [2.05, 4.69) is 9.47 Å². The molecule has 0 radical (unpaired) electrons. The first-order valence-electron chi connectivity index (χ1n) is 2.38. The Bertz CT molecular complexity index is 135. The van der Waals surface area contributed by atoms with Gasteiger partial charge in [0.2, 0.25) is 0 Å². The number of halogens is 4. The lowest BCUT2D eigenvalue weighted by atomic mass is 10.7. The van der Waals surface area contributed by atoms with Crippen molar-refractivity contribution < 1.29 is 27.4 Å². The van der Waals surface area contributed by atoms with Gasteiger partial charge in [-0.3, -0.25) is 0 Å². The molecule has 7 heteroatoms. The van der Waals surface area contributed by atoms with Crippen LogP contribution in [-0.4, -0.2) is 25.0 Å². The lowest BCUT2D eigenvalue weighted by molar-refractivity contribution is -0.165. The monoisotopic (exact) mass is 192 g/mol. The van der Waals surface area contributed by atoms with Crippen molar-refractivity contribution >= 4 is 17.8 Å². The summed E-state index contributed by atoms with van der Waals surface area (Å²) in [7, 11) is 0. The van der Waals surface area contributed by atoms with Crippen molar-refractivity contribution in [3.05, 3.63) is 0 Å². The topological polar surface area (TPSA) is 35.5 Å². The number of carbonyl (C=O) groups excluding carboxylic acids is 1. The first kappa shape index (κ1) is 10.3. The molecule has 0 spiro atoms. The zero-order valence-corrected chi connectivity index (χ0v) is 5.91. The maximum Gasteiger partial charge on any atom is 0.509 e. The van der Waals surface area contributed by atoms with Crippen molar-refractivity contribution in [3.63, 3.8) is 0 Å². The molecule has 66 valence electrons. The van der Waals surface area contributed by atoms with Crippen LogP contribution in [0.4, 0.5) is 18.0 Å². The Morgan fingerprint density at radius 1 is 1.36 bits per heavy atom. The number of ether oxygens (including phenoxy) is 2. The van der Waals surface area contributed by atoms with E-state index in [1.54, 1.807) is 0 Å². The van der Waals surface area contributed by atoms with Gasteiger partial charge in [0.15, 0.2) is 12.7 Å². The van der Waals surface area contributed by atoms with Gasteiger partial charge < -0.3 is 9.47 Å². The van der Waals surface area contributed by atoms with Crippen molar-refractivity contribution in [3.8, 4) is 0 Å². The molecule has 0 aromatic carbocycles. The number of hydrogen-bond acceptors (Lipinski definition) is 3. The van der Waals surface area contributed by atoms with Gasteiger partial charge in [-0.1, -0.05) is 11.6 Å². The zero-order chi connectivity index (χ0) is 8.91. The van der Waals surface area contributed by atoms with Gasteiger partial charge in [-0.25, -0.2) is 4.79 Å². The highest BCUT2D eigenvalue weighted by atomic mass is 35.5. The van der Waals surface area contributed by atoms with Crippen molar-refractivity contribution in [2.24, 2.45) is 0 Å². The maximum absolute atomic E-state index is 11.3. The molecule has 0 saturated heterocycles. The third-order valence-electron chi connectivity index (χ3n) is 0.526. The number of alkyl halides is 4. The lowest BCUT2D eigenvalue weighted by Gasteiger charge is -2.06. The van der Waals surface area contributed by atoms with E-state index in [1.165, 1.54) is 0 Å². The fourth-order valence-electron chi connectivity index (χ4n) is 0.227. The summed E-state index contributed by atoms with van der Waals surface area (Å²) in [5, 5.41) is 0. The van der Waals surface area contributed by atoms with Gasteiger partial charge in [-0.05, 0) is 0 Å². The molecule has 0 heterocycles. The van der Waals surface area contributed by atoms with Gasteiger partial charge in [-0.2, -0.15) is 13.2 Å². The number of hydrogen-bond donors (Lipinski definition) is 0. The highest BCUT2D eigenvalue weighted by molar-refractivity contribution is 6.17. The third-order valence-corrected chi connectivity index (χ3v) is 0.635. The number of carbonyl (C=O) groups is 1. The minimum atomic E-state index is -4.54. The van der Waals surface area contributed by atoms with Crippen LogP contribution in [-0.2, 0) is 9.47 Å². The molecule has 0 rings (SSSR count). The molecule has 11 heavy (non-hydrogen) atoms. The summed E-state index contributed by atoms with van der Waals surface area (Å²) < 4.78 is 41.3. The zero-order valence-electron chi connectivity index (χ0n) is 5.15.